The van der Waals surface area contributed by atoms with E-state index >= 15 is 0 Å². The molecule has 0 spiro atoms. The third-order valence-electron chi connectivity index (χ3n) is 9.26. The van der Waals surface area contributed by atoms with Crippen LogP contribution in [0.2, 0.25) is 0 Å². The molecule has 2 aromatic carbocycles. The maximum atomic E-state index is 13.5. The largest absolute Gasteiger partial charge is 0.395 e. The van der Waals surface area contributed by atoms with Crippen molar-refractivity contribution in [2.45, 2.75) is 101 Å². The van der Waals surface area contributed by atoms with Gasteiger partial charge in [0, 0.05) is 36.8 Å². The molecule has 0 bridgehead atoms. The number of rotatable bonds is 6. The van der Waals surface area contributed by atoms with Crippen molar-refractivity contribution < 1.29 is 18.0 Å². The number of nitrogens with zero attached hydrogens (tertiary/aromatic N) is 2. The molecule has 1 aliphatic heterocycles. The predicted molar refractivity (Wildman–Crippen MR) is 141 cm³/mol. The summed E-state index contributed by atoms with van der Waals surface area (Å²) in [5.74, 6) is -1.56. The van der Waals surface area contributed by atoms with Crippen molar-refractivity contribution in [3.05, 3.63) is 71.3 Å². The maximum Gasteiger partial charge on any atom is 0.395 e. The molecule has 0 radical (unpaired) electrons. The van der Waals surface area contributed by atoms with Crippen LogP contribution in [0, 0.1) is 0 Å². The van der Waals surface area contributed by atoms with Crippen LogP contribution in [0.1, 0.15) is 92.6 Å². The molecule has 2 aromatic rings. The zero-order valence-corrected chi connectivity index (χ0v) is 22.0. The summed E-state index contributed by atoms with van der Waals surface area (Å²) in [6.07, 6.45) is 4.54. The quantitative estimate of drug-likeness (QED) is 0.405. The zero-order chi connectivity index (χ0) is 26.2. The monoisotopic (exact) mass is 512 g/mol. The molecule has 6 heteroatoms. The smallest absolute Gasteiger partial charge is 0.333 e. The first-order valence-electron chi connectivity index (χ1n) is 13.9. The lowest BCUT2D eigenvalue weighted by atomic mass is 9.69. The summed E-state index contributed by atoms with van der Waals surface area (Å²) in [5, 5.41) is 0. The van der Waals surface area contributed by atoms with Crippen LogP contribution in [0.15, 0.2) is 54.6 Å². The van der Waals surface area contributed by atoms with E-state index < -0.39 is 12.1 Å². The van der Waals surface area contributed by atoms with Crippen molar-refractivity contribution in [3.8, 4) is 0 Å². The van der Waals surface area contributed by atoms with Crippen molar-refractivity contribution >= 4 is 5.91 Å². The lowest BCUT2D eigenvalue weighted by molar-refractivity contribution is -0.146. The average molecular weight is 513 g/mol. The molecule has 0 N–H and O–H groups in total. The van der Waals surface area contributed by atoms with E-state index in [1.165, 1.54) is 43.4 Å². The Kier molecular flexibility index (Phi) is 7.41. The SMILES string of the molecule is C[C@H](c1ccc(C(=O)N(C2CC2)C2CCN([C@H]3CC[C@@](C)(c4ccccc4)CC3)CC2)cc1)C(F)(F)F. The molecule has 0 unspecified atom stereocenters. The highest BCUT2D eigenvalue weighted by Gasteiger charge is 2.41. The van der Waals surface area contributed by atoms with E-state index in [0.717, 1.165) is 45.7 Å². The van der Waals surface area contributed by atoms with Crippen LogP contribution in [0.25, 0.3) is 0 Å². The first-order valence-corrected chi connectivity index (χ1v) is 13.9. The Morgan fingerprint density at radius 1 is 0.892 bits per heavy atom. The molecule has 3 fully saturated rings. The molecule has 5 rings (SSSR count). The Labute approximate surface area is 219 Å². The topological polar surface area (TPSA) is 23.6 Å². The molecule has 1 amide bonds. The number of benzene rings is 2. The summed E-state index contributed by atoms with van der Waals surface area (Å²) >= 11 is 0. The fourth-order valence-electron chi connectivity index (χ4n) is 6.50. The van der Waals surface area contributed by atoms with Crippen LogP contribution >= 0.6 is 0 Å². The zero-order valence-electron chi connectivity index (χ0n) is 22.0. The van der Waals surface area contributed by atoms with Crippen molar-refractivity contribution in [1.82, 2.24) is 9.80 Å². The standard InChI is InChI=1S/C31H39F3N2O/c1-22(31(32,33)34)23-8-10-24(11-9-23)29(37)36(27-12-13-27)28-16-20-35(21-17-28)26-14-18-30(2,19-15-26)25-6-4-3-5-7-25/h3-11,22,26-28H,12-21H2,1-2H3/t22-,26-,30+/m1/s1. The second kappa shape index (κ2) is 10.4. The second-order valence-electron chi connectivity index (χ2n) is 11.8. The second-order valence-corrected chi connectivity index (χ2v) is 11.8. The predicted octanol–water partition coefficient (Wildman–Crippen LogP) is 7.32. The van der Waals surface area contributed by atoms with Crippen LogP contribution in [-0.2, 0) is 5.41 Å². The summed E-state index contributed by atoms with van der Waals surface area (Å²) in [7, 11) is 0. The minimum Gasteiger partial charge on any atom is -0.333 e. The normalized spacial score (nSPS) is 26.6. The van der Waals surface area contributed by atoms with Crippen molar-refractivity contribution in [3.63, 3.8) is 0 Å². The van der Waals surface area contributed by atoms with Gasteiger partial charge < -0.3 is 9.80 Å². The van der Waals surface area contributed by atoms with E-state index in [0.29, 0.717) is 11.6 Å². The molecule has 3 nitrogen and oxygen atoms in total. The van der Waals surface area contributed by atoms with Gasteiger partial charge in [0.25, 0.3) is 5.91 Å². The van der Waals surface area contributed by atoms with Gasteiger partial charge in [-0.15, -0.1) is 0 Å². The lowest BCUT2D eigenvalue weighted by Gasteiger charge is -2.46. The number of hydrogen-bond donors (Lipinski definition) is 0. The van der Waals surface area contributed by atoms with Gasteiger partial charge in [0.15, 0.2) is 0 Å². The van der Waals surface area contributed by atoms with Crippen LogP contribution in [0.3, 0.4) is 0 Å². The van der Waals surface area contributed by atoms with Crippen LogP contribution in [-0.4, -0.2) is 53.1 Å². The summed E-state index contributed by atoms with van der Waals surface area (Å²) in [4.78, 5) is 18.2. The van der Waals surface area contributed by atoms with E-state index in [4.69, 9.17) is 0 Å². The Balaban J connectivity index is 1.18. The molecular formula is C31H39F3N2O. The third kappa shape index (κ3) is 5.74. The molecule has 1 heterocycles. The summed E-state index contributed by atoms with van der Waals surface area (Å²) in [5.41, 5.74) is 2.41. The molecule has 2 saturated carbocycles. The molecule has 1 saturated heterocycles. The fraction of sp³-hybridized carbons (Fsp3) is 0.581. The van der Waals surface area contributed by atoms with Crippen LogP contribution in [0.4, 0.5) is 13.2 Å². The maximum absolute atomic E-state index is 13.5. The van der Waals surface area contributed by atoms with Gasteiger partial charge >= 0.3 is 6.18 Å². The number of halogens is 3. The number of carbonyl (C=O) groups is 1. The molecular weight excluding hydrogens is 473 g/mol. The Morgan fingerprint density at radius 2 is 1.46 bits per heavy atom. The van der Waals surface area contributed by atoms with Gasteiger partial charge in [0.2, 0.25) is 0 Å². The number of likely N-dealkylation sites (tertiary alicyclic amines) is 1. The van der Waals surface area contributed by atoms with E-state index in [9.17, 15) is 18.0 Å². The molecule has 2 aliphatic carbocycles. The van der Waals surface area contributed by atoms with Gasteiger partial charge in [-0.3, -0.25) is 4.79 Å². The first-order chi connectivity index (χ1) is 17.7. The van der Waals surface area contributed by atoms with E-state index in [-0.39, 0.29) is 29.0 Å². The van der Waals surface area contributed by atoms with E-state index in [2.05, 4.69) is 47.1 Å². The average Bonchev–Trinajstić information content (AvgIpc) is 3.74. The Hall–Kier alpha value is -2.34. The summed E-state index contributed by atoms with van der Waals surface area (Å²) < 4.78 is 39.2. The minimum atomic E-state index is -4.28. The fourth-order valence-corrected chi connectivity index (χ4v) is 6.50. The summed E-state index contributed by atoms with van der Waals surface area (Å²) in [6, 6.07) is 18.1. The lowest BCUT2D eigenvalue weighted by Crippen LogP contribution is -2.51. The van der Waals surface area contributed by atoms with Gasteiger partial charge in [0.05, 0.1) is 5.92 Å². The van der Waals surface area contributed by atoms with Crippen LogP contribution < -0.4 is 0 Å². The molecule has 37 heavy (non-hydrogen) atoms. The minimum absolute atomic E-state index is 0.0246. The van der Waals surface area contributed by atoms with Gasteiger partial charge in [-0.25, -0.2) is 0 Å². The number of piperidine rings is 1. The van der Waals surface area contributed by atoms with E-state index in [1.807, 2.05) is 0 Å². The molecule has 1 atom stereocenters. The number of amides is 1. The highest BCUT2D eigenvalue weighted by Crippen LogP contribution is 2.41. The number of alkyl halides is 3. The Morgan fingerprint density at radius 3 is 2.00 bits per heavy atom. The van der Waals surface area contributed by atoms with Crippen molar-refractivity contribution in [1.29, 1.82) is 0 Å². The molecule has 3 aliphatic rings. The highest BCUT2D eigenvalue weighted by atomic mass is 19.4. The molecule has 0 aromatic heterocycles. The summed E-state index contributed by atoms with van der Waals surface area (Å²) in [6.45, 7) is 5.58. The first kappa shape index (κ1) is 26.3. The van der Waals surface area contributed by atoms with Crippen molar-refractivity contribution in [2.75, 3.05) is 13.1 Å². The third-order valence-corrected chi connectivity index (χ3v) is 9.26. The Bertz CT molecular complexity index is 1050. The van der Waals surface area contributed by atoms with Crippen molar-refractivity contribution in [2.24, 2.45) is 0 Å². The van der Waals surface area contributed by atoms with Gasteiger partial charge in [0.1, 0.15) is 0 Å². The van der Waals surface area contributed by atoms with Gasteiger partial charge in [-0.1, -0.05) is 49.4 Å². The number of carbonyl (C=O) groups excluding carboxylic acids is 1. The highest BCUT2D eigenvalue weighted by molar-refractivity contribution is 5.95. The van der Waals surface area contributed by atoms with E-state index in [1.54, 1.807) is 12.1 Å². The van der Waals surface area contributed by atoms with Gasteiger partial charge in [-0.2, -0.15) is 13.2 Å². The number of hydrogen-bond acceptors (Lipinski definition) is 2. The van der Waals surface area contributed by atoms with Crippen LogP contribution in [0.5, 0.6) is 0 Å². The molecule has 200 valence electrons. The van der Waals surface area contributed by atoms with Gasteiger partial charge in [-0.05, 0) is 87.0 Å².